The molecule has 0 radical (unpaired) electrons. The number of allylic oxidation sites excluding steroid dienone is 1. The zero-order valence-corrected chi connectivity index (χ0v) is 10.7. The Morgan fingerprint density at radius 3 is 3.06 bits per heavy atom. The van der Waals surface area contributed by atoms with Crippen molar-refractivity contribution in [3.05, 3.63) is 11.6 Å². The number of aliphatic imine (C=N–C) groups is 1. The molecule has 2 aliphatic carbocycles. The fourth-order valence-electron chi connectivity index (χ4n) is 4.02. The minimum absolute atomic E-state index is 0.00774. The van der Waals surface area contributed by atoms with Crippen LogP contribution in [0.1, 0.15) is 26.7 Å². The fourth-order valence-corrected chi connectivity index (χ4v) is 4.02. The SMILES string of the molecule is C[C@H]1C(=O)C(C#N)=C[C@@]2(C)C3N=CNC3CC[C@H]12. The molecule has 1 saturated carbocycles. The molecule has 2 unspecified atom stereocenters. The third-order valence-corrected chi connectivity index (χ3v) is 4.99. The number of nitriles is 1. The van der Waals surface area contributed by atoms with Crippen molar-refractivity contribution in [3.63, 3.8) is 0 Å². The van der Waals surface area contributed by atoms with E-state index in [0.717, 1.165) is 12.8 Å². The first kappa shape index (κ1) is 11.5. The summed E-state index contributed by atoms with van der Waals surface area (Å²) in [6.07, 6.45) is 5.75. The highest BCUT2D eigenvalue weighted by atomic mass is 16.1. The molecule has 94 valence electrons. The highest BCUT2D eigenvalue weighted by Gasteiger charge is 2.54. The number of rotatable bonds is 0. The lowest BCUT2D eigenvalue weighted by atomic mass is 9.55. The van der Waals surface area contributed by atoms with E-state index in [1.807, 2.05) is 13.0 Å². The lowest BCUT2D eigenvalue weighted by Crippen LogP contribution is -2.54. The van der Waals surface area contributed by atoms with Crippen LogP contribution in [-0.4, -0.2) is 24.2 Å². The van der Waals surface area contributed by atoms with E-state index >= 15 is 0 Å². The molecule has 5 atom stereocenters. The van der Waals surface area contributed by atoms with Crippen molar-refractivity contribution >= 4 is 12.1 Å². The van der Waals surface area contributed by atoms with Crippen molar-refractivity contribution in [2.24, 2.45) is 22.2 Å². The van der Waals surface area contributed by atoms with Crippen LogP contribution in [0.4, 0.5) is 0 Å². The molecular formula is C14H17N3O. The Morgan fingerprint density at radius 1 is 1.56 bits per heavy atom. The summed E-state index contributed by atoms with van der Waals surface area (Å²) in [5.41, 5.74) is 0.158. The van der Waals surface area contributed by atoms with E-state index in [9.17, 15) is 4.79 Å². The number of fused-ring (bicyclic) bond motifs is 3. The molecule has 18 heavy (non-hydrogen) atoms. The number of Topliss-reactive ketones (excluding diaryl/α,β-unsaturated/α-hetero) is 1. The quantitative estimate of drug-likeness (QED) is 0.700. The number of hydrogen-bond acceptors (Lipinski definition) is 4. The summed E-state index contributed by atoms with van der Waals surface area (Å²) >= 11 is 0. The van der Waals surface area contributed by atoms with Gasteiger partial charge in [0.1, 0.15) is 6.07 Å². The summed E-state index contributed by atoms with van der Waals surface area (Å²) in [7, 11) is 0. The first-order valence-corrected chi connectivity index (χ1v) is 6.53. The molecule has 0 spiro atoms. The molecule has 4 heteroatoms. The van der Waals surface area contributed by atoms with Crippen molar-refractivity contribution < 1.29 is 4.79 Å². The van der Waals surface area contributed by atoms with Gasteiger partial charge in [-0.25, -0.2) is 0 Å². The maximum Gasteiger partial charge on any atom is 0.176 e. The van der Waals surface area contributed by atoms with E-state index in [-0.39, 0.29) is 23.2 Å². The number of carbonyl (C=O) groups excluding carboxylic acids is 1. The minimum Gasteiger partial charge on any atom is -0.372 e. The van der Waals surface area contributed by atoms with Gasteiger partial charge in [-0.3, -0.25) is 9.79 Å². The Kier molecular flexibility index (Phi) is 2.34. The fraction of sp³-hybridized carbons (Fsp3) is 0.643. The van der Waals surface area contributed by atoms with Gasteiger partial charge in [-0.05, 0) is 18.8 Å². The van der Waals surface area contributed by atoms with Crippen LogP contribution in [0.3, 0.4) is 0 Å². The van der Waals surface area contributed by atoms with Gasteiger partial charge in [0.2, 0.25) is 0 Å². The lowest BCUT2D eigenvalue weighted by Gasteiger charge is -2.49. The van der Waals surface area contributed by atoms with E-state index in [0.29, 0.717) is 17.5 Å². The van der Waals surface area contributed by atoms with Gasteiger partial charge >= 0.3 is 0 Å². The third kappa shape index (κ3) is 1.30. The van der Waals surface area contributed by atoms with Gasteiger partial charge in [-0.2, -0.15) is 5.26 Å². The number of ketones is 1. The van der Waals surface area contributed by atoms with Gasteiger partial charge in [0.15, 0.2) is 5.78 Å². The lowest BCUT2D eigenvalue weighted by molar-refractivity contribution is -0.123. The van der Waals surface area contributed by atoms with Gasteiger partial charge in [-0.15, -0.1) is 0 Å². The Bertz CT molecular complexity index is 502. The second kappa shape index (κ2) is 3.68. The molecule has 3 aliphatic rings. The second-order valence-corrected chi connectivity index (χ2v) is 5.87. The summed E-state index contributed by atoms with van der Waals surface area (Å²) in [5, 5.41) is 12.4. The topological polar surface area (TPSA) is 65.2 Å². The Morgan fingerprint density at radius 2 is 2.33 bits per heavy atom. The molecule has 1 heterocycles. The number of hydrogen-bond donors (Lipinski definition) is 1. The first-order valence-electron chi connectivity index (χ1n) is 6.53. The summed E-state index contributed by atoms with van der Waals surface area (Å²) in [6, 6.07) is 2.59. The van der Waals surface area contributed by atoms with Gasteiger partial charge in [-0.1, -0.05) is 19.9 Å². The Balaban J connectivity index is 2.10. The largest absolute Gasteiger partial charge is 0.372 e. The van der Waals surface area contributed by atoms with Crippen LogP contribution in [0.5, 0.6) is 0 Å². The van der Waals surface area contributed by atoms with Crippen LogP contribution in [-0.2, 0) is 4.79 Å². The molecule has 1 fully saturated rings. The smallest absolute Gasteiger partial charge is 0.176 e. The van der Waals surface area contributed by atoms with Crippen LogP contribution in [0, 0.1) is 28.6 Å². The Hall–Kier alpha value is -1.63. The van der Waals surface area contributed by atoms with Crippen molar-refractivity contribution in [2.45, 2.75) is 38.8 Å². The van der Waals surface area contributed by atoms with Crippen LogP contribution in [0.15, 0.2) is 16.6 Å². The van der Waals surface area contributed by atoms with Gasteiger partial charge < -0.3 is 5.32 Å². The third-order valence-electron chi connectivity index (χ3n) is 4.99. The minimum atomic E-state index is -0.165. The van der Waals surface area contributed by atoms with E-state index in [4.69, 9.17) is 5.26 Å². The number of nitrogens with zero attached hydrogens (tertiary/aromatic N) is 2. The van der Waals surface area contributed by atoms with E-state index < -0.39 is 0 Å². The van der Waals surface area contributed by atoms with Crippen molar-refractivity contribution in [2.75, 3.05) is 0 Å². The molecule has 0 aromatic rings. The zero-order valence-electron chi connectivity index (χ0n) is 10.7. The molecule has 1 N–H and O–H groups in total. The number of nitrogens with one attached hydrogen (secondary N) is 1. The predicted molar refractivity (Wildman–Crippen MR) is 67.9 cm³/mol. The molecular weight excluding hydrogens is 226 g/mol. The normalized spacial score (nSPS) is 45.6. The van der Waals surface area contributed by atoms with Gasteiger partial charge in [0.25, 0.3) is 0 Å². The van der Waals surface area contributed by atoms with Crippen LogP contribution in [0.2, 0.25) is 0 Å². The number of carbonyl (C=O) groups is 1. The first-order chi connectivity index (χ1) is 8.58. The van der Waals surface area contributed by atoms with Crippen molar-refractivity contribution in [3.8, 4) is 6.07 Å². The predicted octanol–water partition coefficient (Wildman–Crippen LogP) is 1.44. The summed E-state index contributed by atoms with van der Waals surface area (Å²) < 4.78 is 0. The molecule has 4 nitrogen and oxygen atoms in total. The average Bonchev–Trinajstić information content (AvgIpc) is 2.83. The molecule has 3 rings (SSSR count). The van der Waals surface area contributed by atoms with Crippen LogP contribution < -0.4 is 5.32 Å². The van der Waals surface area contributed by atoms with E-state index in [1.165, 1.54) is 0 Å². The average molecular weight is 243 g/mol. The molecule has 0 bridgehead atoms. The highest BCUT2D eigenvalue weighted by Crippen LogP contribution is 2.51. The van der Waals surface area contributed by atoms with Crippen LogP contribution >= 0.6 is 0 Å². The van der Waals surface area contributed by atoms with E-state index in [2.05, 4.69) is 23.3 Å². The maximum atomic E-state index is 12.1. The molecule has 0 aromatic heterocycles. The van der Waals surface area contributed by atoms with Crippen molar-refractivity contribution in [1.82, 2.24) is 5.32 Å². The standard InChI is InChI=1S/C14H17N3O/c1-8-10-3-4-11-13(17-7-16-11)14(10,2)5-9(6-15)12(8)18/h5,7-8,10-11,13H,3-4H2,1-2H3,(H,16,17)/t8-,10-,11?,13?,14-/m1/s1. The summed E-state index contributed by atoms with van der Waals surface area (Å²) in [6.45, 7) is 4.11. The van der Waals surface area contributed by atoms with Crippen molar-refractivity contribution in [1.29, 1.82) is 5.26 Å². The summed E-state index contributed by atoms with van der Waals surface area (Å²) in [5.74, 6) is 0.250. The second-order valence-electron chi connectivity index (χ2n) is 5.87. The van der Waals surface area contributed by atoms with Gasteiger partial charge in [0, 0.05) is 11.3 Å². The maximum absolute atomic E-state index is 12.1. The molecule has 0 amide bonds. The zero-order chi connectivity index (χ0) is 12.9. The van der Waals surface area contributed by atoms with Gasteiger partial charge in [0.05, 0.1) is 24.0 Å². The highest BCUT2D eigenvalue weighted by molar-refractivity contribution is 6.01. The monoisotopic (exact) mass is 243 g/mol. The molecule has 1 aliphatic heterocycles. The molecule has 0 aromatic carbocycles. The van der Waals surface area contributed by atoms with Crippen LogP contribution in [0.25, 0.3) is 0 Å². The van der Waals surface area contributed by atoms with E-state index in [1.54, 1.807) is 6.34 Å². The summed E-state index contributed by atoms with van der Waals surface area (Å²) in [4.78, 5) is 16.6. The molecule has 0 saturated heterocycles. The Labute approximate surface area is 107 Å².